The summed E-state index contributed by atoms with van der Waals surface area (Å²) in [6.07, 6.45) is 3.50. The number of imide groups is 1. The van der Waals surface area contributed by atoms with Gasteiger partial charge in [-0.2, -0.15) is 0 Å². The molecule has 8 nitrogen and oxygen atoms in total. The number of carbonyl (C=O) groups is 3. The molecule has 1 aromatic heterocycles. The lowest BCUT2D eigenvalue weighted by Crippen LogP contribution is -2.42. The number of anilines is 1. The van der Waals surface area contributed by atoms with Crippen LogP contribution in [-0.2, 0) is 9.59 Å². The Bertz CT molecular complexity index is 659. The first kappa shape index (κ1) is 16.2. The van der Waals surface area contributed by atoms with Crippen molar-refractivity contribution in [2.45, 2.75) is 18.9 Å². The smallest absolute Gasteiger partial charge is 0.325 e. The molecule has 0 unspecified atom stereocenters. The summed E-state index contributed by atoms with van der Waals surface area (Å²) in [4.78, 5) is 44.9. The molecule has 0 bridgehead atoms. The van der Waals surface area contributed by atoms with Gasteiger partial charge in [-0.3, -0.25) is 14.5 Å². The standard InChI is InChI=1S/C16H21N5O3/c1-19(2)13-8-11(5-6-17-13)12-4-3-7-20(12)15(23)10-21-14(22)9-18-16(21)24/h5-6,8,12H,3-4,7,9-10H2,1-2H3,(H,18,24)/t12-/m0/s1. The van der Waals surface area contributed by atoms with Crippen molar-refractivity contribution in [3.8, 4) is 0 Å². The van der Waals surface area contributed by atoms with E-state index < -0.39 is 6.03 Å². The second kappa shape index (κ2) is 6.46. The number of nitrogens with zero attached hydrogens (tertiary/aromatic N) is 4. The lowest BCUT2D eigenvalue weighted by Gasteiger charge is -2.27. The fraction of sp³-hybridized carbons (Fsp3) is 0.500. The van der Waals surface area contributed by atoms with Gasteiger partial charge in [0.15, 0.2) is 0 Å². The normalized spacial score (nSPS) is 20.5. The van der Waals surface area contributed by atoms with Gasteiger partial charge in [0.2, 0.25) is 5.91 Å². The molecule has 128 valence electrons. The third-order valence-corrected chi connectivity index (χ3v) is 4.42. The van der Waals surface area contributed by atoms with E-state index in [0.717, 1.165) is 29.1 Å². The highest BCUT2D eigenvalue weighted by molar-refractivity contribution is 6.04. The summed E-state index contributed by atoms with van der Waals surface area (Å²) < 4.78 is 0. The van der Waals surface area contributed by atoms with Gasteiger partial charge in [-0.25, -0.2) is 9.78 Å². The highest BCUT2D eigenvalue weighted by Crippen LogP contribution is 2.33. The van der Waals surface area contributed by atoms with Crippen LogP contribution in [-0.4, -0.2) is 66.4 Å². The van der Waals surface area contributed by atoms with Crippen molar-refractivity contribution in [3.05, 3.63) is 23.9 Å². The number of aromatic nitrogens is 1. The number of pyridine rings is 1. The van der Waals surface area contributed by atoms with E-state index in [-0.39, 0.29) is 30.9 Å². The maximum atomic E-state index is 12.6. The van der Waals surface area contributed by atoms with Gasteiger partial charge in [0, 0.05) is 26.8 Å². The van der Waals surface area contributed by atoms with E-state index in [9.17, 15) is 14.4 Å². The Kier molecular flexibility index (Phi) is 4.37. The molecule has 1 aromatic rings. The van der Waals surface area contributed by atoms with Crippen molar-refractivity contribution >= 4 is 23.7 Å². The number of nitrogens with one attached hydrogen (secondary N) is 1. The molecule has 0 spiro atoms. The first-order valence-electron chi connectivity index (χ1n) is 7.98. The van der Waals surface area contributed by atoms with Gasteiger partial charge in [-0.1, -0.05) is 0 Å². The van der Waals surface area contributed by atoms with Gasteiger partial charge in [0.05, 0.1) is 12.6 Å². The largest absolute Gasteiger partial charge is 0.363 e. The SMILES string of the molecule is CN(C)c1cc([C@@H]2CCCN2C(=O)CN2C(=O)CNC2=O)ccn1. The Morgan fingerprint density at radius 3 is 2.88 bits per heavy atom. The molecule has 24 heavy (non-hydrogen) atoms. The van der Waals surface area contributed by atoms with Crippen LogP contribution in [0.5, 0.6) is 0 Å². The molecule has 2 saturated heterocycles. The summed E-state index contributed by atoms with van der Waals surface area (Å²) >= 11 is 0. The highest BCUT2D eigenvalue weighted by atomic mass is 16.2. The van der Waals surface area contributed by atoms with Crippen LogP contribution in [0.2, 0.25) is 0 Å². The first-order chi connectivity index (χ1) is 11.5. The van der Waals surface area contributed by atoms with Gasteiger partial charge in [0.1, 0.15) is 12.4 Å². The van der Waals surface area contributed by atoms with Crippen LogP contribution in [0.15, 0.2) is 18.3 Å². The van der Waals surface area contributed by atoms with Gasteiger partial charge in [-0.05, 0) is 30.5 Å². The van der Waals surface area contributed by atoms with E-state index in [0.29, 0.717) is 6.54 Å². The summed E-state index contributed by atoms with van der Waals surface area (Å²) in [5.41, 5.74) is 1.02. The van der Waals surface area contributed by atoms with E-state index in [1.807, 2.05) is 31.1 Å². The minimum Gasteiger partial charge on any atom is -0.363 e. The summed E-state index contributed by atoms with van der Waals surface area (Å²) in [5.74, 6) is 0.273. The van der Waals surface area contributed by atoms with E-state index >= 15 is 0 Å². The number of amides is 4. The number of carbonyl (C=O) groups excluding carboxylic acids is 3. The first-order valence-corrected chi connectivity index (χ1v) is 7.98. The third kappa shape index (κ3) is 3.04. The zero-order valence-electron chi connectivity index (χ0n) is 13.9. The van der Waals surface area contributed by atoms with Gasteiger partial charge in [-0.15, -0.1) is 0 Å². The Hall–Kier alpha value is -2.64. The Morgan fingerprint density at radius 1 is 1.42 bits per heavy atom. The summed E-state index contributed by atoms with van der Waals surface area (Å²) in [6, 6.07) is 3.35. The average Bonchev–Trinajstić information content (AvgIpc) is 3.17. The molecule has 0 radical (unpaired) electrons. The monoisotopic (exact) mass is 331 g/mol. The van der Waals surface area contributed by atoms with Crippen molar-refractivity contribution in [2.75, 3.05) is 38.6 Å². The van der Waals surface area contributed by atoms with Crippen LogP contribution < -0.4 is 10.2 Å². The van der Waals surface area contributed by atoms with Crippen molar-refractivity contribution in [2.24, 2.45) is 0 Å². The Labute approximate surface area is 140 Å². The summed E-state index contributed by atoms with van der Waals surface area (Å²) in [5, 5.41) is 2.43. The molecule has 2 fully saturated rings. The second-order valence-corrected chi connectivity index (χ2v) is 6.23. The minimum atomic E-state index is -0.497. The van der Waals surface area contributed by atoms with Crippen molar-refractivity contribution in [3.63, 3.8) is 0 Å². The predicted octanol–water partition coefficient (Wildman–Crippen LogP) is 0.363. The second-order valence-electron chi connectivity index (χ2n) is 6.23. The average molecular weight is 331 g/mol. The fourth-order valence-corrected chi connectivity index (χ4v) is 3.14. The fourth-order valence-electron chi connectivity index (χ4n) is 3.14. The van der Waals surface area contributed by atoms with Gasteiger partial charge >= 0.3 is 6.03 Å². The molecule has 0 saturated carbocycles. The number of likely N-dealkylation sites (tertiary alicyclic amines) is 1. The zero-order valence-corrected chi connectivity index (χ0v) is 13.9. The number of urea groups is 1. The Balaban J connectivity index is 1.75. The number of rotatable bonds is 4. The van der Waals surface area contributed by atoms with Crippen molar-refractivity contribution in [1.82, 2.24) is 20.1 Å². The maximum Gasteiger partial charge on any atom is 0.325 e. The van der Waals surface area contributed by atoms with Crippen molar-refractivity contribution in [1.29, 1.82) is 0 Å². The van der Waals surface area contributed by atoms with Crippen LogP contribution in [0.1, 0.15) is 24.4 Å². The number of hydrogen-bond acceptors (Lipinski definition) is 5. The van der Waals surface area contributed by atoms with Crippen LogP contribution in [0, 0.1) is 0 Å². The molecular formula is C16H21N5O3. The molecule has 1 N–H and O–H groups in total. The van der Waals surface area contributed by atoms with Crippen LogP contribution in [0.3, 0.4) is 0 Å². The number of hydrogen-bond donors (Lipinski definition) is 1. The lowest BCUT2D eigenvalue weighted by molar-refractivity contribution is -0.137. The molecule has 3 rings (SSSR count). The van der Waals surface area contributed by atoms with Crippen LogP contribution in [0.25, 0.3) is 0 Å². The quantitative estimate of drug-likeness (QED) is 0.805. The van der Waals surface area contributed by atoms with E-state index in [2.05, 4.69) is 10.3 Å². The van der Waals surface area contributed by atoms with Crippen molar-refractivity contribution < 1.29 is 14.4 Å². The van der Waals surface area contributed by atoms with Gasteiger partial charge < -0.3 is 15.1 Å². The molecule has 2 aliphatic rings. The van der Waals surface area contributed by atoms with E-state index in [1.54, 1.807) is 11.1 Å². The lowest BCUT2D eigenvalue weighted by atomic mass is 10.1. The Morgan fingerprint density at radius 2 is 2.21 bits per heavy atom. The zero-order chi connectivity index (χ0) is 17.3. The molecule has 0 aromatic carbocycles. The molecular weight excluding hydrogens is 310 g/mol. The summed E-state index contributed by atoms with van der Waals surface area (Å²) in [7, 11) is 3.84. The van der Waals surface area contributed by atoms with Gasteiger partial charge in [0.25, 0.3) is 5.91 Å². The maximum absolute atomic E-state index is 12.6. The van der Waals surface area contributed by atoms with E-state index in [4.69, 9.17) is 0 Å². The topological polar surface area (TPSA) is 85.9 Å². The van der Waals surface area contributed by atoms with Crippen LogP contribution in [0.4, 0.5) is 10.6 Å². The third-order valence-electron chi connectivity index (χ3n) is 4.42. The predicted molar refractivity (Wildman–Crippen MR) is 87.4 cm³/mol. The summed E-state index contributed by atoms with van der Waals surface area (Å²) in [6.45, 7) is 0.394. The molecule has 8 heteroatoms. The molecule has 3 heterocycles. The highest BCUT2D eigenvalue weighted by Gasteiger charge is 2.35. The van der Waals surface area contributed by atoms with E-state index in [1.165, 1.54) is 0 Å². The van der Waals surface area contributed by atoms with Crippen LogP contribution >= 0.6 is 0 Å². The molecule has 1 atom stereocenters. The minimum absolute atomic E-state index is 0.0356. The molecule has 4 amide bonds. The molecule has 0 aliphatic carbocycles. The molecule has 2 aliphatic heterocycles.